The van der Waals surface area contributed by atoms with E-state index in [9.17, 15) is 0 Å². The summed E-state index contributed by atoms with van der Waals surface area (Å²) in [6, 6.07) is 71.6. The summed E-state index contributed by atoms with van der Waals surface area (Å²) in [7, 11) is 0. The predicted molar refractivity (Wildman–Crippen MR) is 259 cm³/mol. The van der Waals surface area contributed by atoms with Crippen LogP contribution in [0.25, 0.3) is 106 Å². The summed E-state index contributed by atoms with van der Waals surface area (Å²) in [4.78, 5) is 15.5. The number of furan rings is 1. The maximum Gasteiger partial charge on any atom is 0.165 e. The van der Waals surface area contributed by atoms with E-state index in [-0.39, 0.29) is 0 Å². The number of para-hydroxylation sites is 2. The average Bonchev–Trinajstić information content (AvgIpc) is 4.08. The zero-order valence-electron chi connectivity index (χ0n) is 34.7. The Hall–Kier alpha value is -8.41. The van der Waals surface area contributed by atoms with E-state index in [0.29, 0.717) is 17.5 Å². The van der Waals surface area contributed by atoms with E-state index in [2.05, 4.69) is 169 Å². The molecule has 3 aromatic heterocycles. The fourth-order valence-electron chi connectivity index (χ4n) is 11.3. The quantitative estimate of drug-likeness (QED) is 0.178. The molecule has 0 saturated heterocycles. The number of hydrogen-bond acceptors (Lipinski definition) is 4. The van der Waals surface area contributed by atoms with Gasteiger partial charge in [-0.1, -0.05) is 176 Å². The highest BCUT2D eigenvalue weighted by Gasteiger charge is 2.52. The molecule has 5 heteroatoms. The van der Waals surface area contributed by atoms with Crippen molar-refractivity contribution < 1.29 is 4.42 Å². The molecule has 0 bridgehead atoms. The number of rotatable bonds is 4. The first-order valence-electron chi connectivity index (χ1n) is 21.9. The van der Waals surface area contributed by atoms with Crippen molar-refractivity contribution in [1.82, 2.24) is 19.5 Å². The van der Waals surface area contributed by atoms with Gasteiger partial charge in [-0.05, 0) is 81.3 Å². The molecule has 0 radical (unpaired) electrons. The lowest BCUT2D eigenvalue weighted by atomic mass is 9.70. The topological polar surface area (TPSA) is 56.7 Å². The third-order valence-corrected chi connectivity index (χ3v) is 13.8. The zero-order valence-corrected chi connectivity index (χ0v) is 34.7. The highest BCUT2D eigenvalue weighted by molar-refractivity contribution is 6.21. The summed E-state index contributed by atoms with van der Waals surface area (Å²) >= 11 is 0. The van der Waals surface area contributed by atoms with Crippen molar-refractivity contribution >= 4 is 43.7 Å². The van der Waals surface area contributed by atoms with E-state index < -0.39 is 5.41 Å². The van der Waals surface area contributed by atoms with Crippen molar-refractivity contribution in [1.29, 1.82) is 0 Å². The lowest BCUT2D eigenvalue weighted by molar-refractivity contribution is 0.666. The van der Waals surface area contributed by atoms with E-state index in [0.717, 1.165) is 60.9 Å². The molecule has 2 aliphatic carbocycles. The maximum atomic E-state index is 7.06. The first-order chi connectivity index (χ1) is 31.7. The summed E-state index contributed by atoms with van der Waals surface area (Å²) in [5.74, 6) is 1.85. The van der Waals surface area contributed by atoms with Gasteiger partial charge in [0, 0.05) is 38.2 Å². The van der Waals surface area contributed by atoms with Gasteiger partial charge in [-0.15, -0.1) is 0 Å². The highest BCUT2D eigenvalue weighted by Crippen LogP contribution is 2.64. The molecule has 0 amide bonds. The molecule has 12 aromatic rings. The van der Waals surface area contributed by atoms with Crippen molar-refractivity contribution in [2.45, 2.75) is 12.3 Å². The molecule has 298 valence electrons. The molecule has 0 saturated carbocycles. The lowest BCUT2D eigenvalue weighted by Crippen LogP contribution is -2.25. The molecular formula is C59H36N4O. The number of aromatic nitrogens is 4. The first-order valence-corrected chi connectivity index (χ1v) is 21.9. The second-order valence-electron chi connectivity index (χ2n) is 17.0. The summed E-state index contributed by atoms with van der Waals surface area (Å²) in [5.41, 5.74) is 18.7. The maximum absolute atomic E-state index is 7.06. The number of hydrogen-bond donors (Lipinski definition) is 0. The minimum absolute atomic E-state index is 0.442. The van der Waals surface area contributed by atoms with Crippen LogP contribution in [0.4, 0.5) is 0 Å². The Morgan fingerprint density at radius 1 is 0.422 bits per heavy atom. The summed E-state index contributed by atoms with van der Waals surface area (Å²) in [6.45, 7) is 2.18. The van der Waals surface area contributed by atoms with Gasteiger partial charge in [0.25, 0.3) is 0 Å². The van der Waals surface area contributed by atoms with Gasteiger partial charge >= 0.3 is 0 Å². The molecule has 0 aliphatic heterocycles. The van der Waals surface area contributed by atoms with Crippen molar-refractivity contribution in [2.75, 3.05) is 0 Å². The largest absolute Gasteiger partial charge is 0.454 e. The van der Waals surface area contributed by atoms with Gasteiger partial charge in [-0.3, -0.25) is 0 Å². The van der Waals surface area contributed by atoms with E-state index in [1.165, 1.54) is 55.3 Å². The Kier molecular flexibility index (Phi) is 7.18. The van der Waals surface area contributed by atoms with Crippen LogP contribution in [-0.2, 0) is 5.41 Å². The molecule has 5 nitrogen and oxygen atoms in total. The van der Waals surface area contributed by atoms with Gasteiger partial charge in [0.2, 0.25) is 0 Å². The Morgan fingerprint density at radius 3 is 1.62 bits per heavy atom. The van der Waals surface area contributed by atoms with Crippen LogP contribution in [0.3, 0.4) is 0 Å². The number of benzene rings is 9. The third kappa shape index (κ3) is 4.60. The van der Waals surface area contributed by atoms with Crippen LogP contribution in [0.2, 0.25) is 0 Å². The van der Waals surface area contributed by atoms with Gasteiger partial charge in [-0.2, -0.15) is 0 Å². The summed E-state index contributed by atoms with van der Waals surface area (Å²) < 4.78 is 9.49. The summed E-state index contributed by atoms with van der Waals surface area (Å²) in [6.07, 6.45) is 0. The molecule has 1 spiro atoms. The molecule has 0 atom stereocenters. The van der Waals surface area contributed by atoms with Crippen LogP contribution >= 0.6 is 0 Å². The van der Waals surface area contributed by atoms with Crippen LogP contribution in [-0.4, -0.2) is 19.5 Å². The highest BCUT2D eigenvalue weighted by atomic mass is 16.3. The molecule has 3 heterocycles. The Labute approximate surface area is 368 Å². The van der Waals surface area contributed by atoms with E-state index in [1.54, 1.807) is 0 Å². The fourth-order valence-corrected chi connectivity index (χ4v) is 11.3. The number of fused-ring (bicyclic) bond motifs is 17. The molecule has 64 heavy (non-hydrogen) atoms. The van der Waals surface area contributed by atoms with E-state index in [1.807, 2.05) is 42.5 Å². The lowest BCUT2D eigenvalue weighted by Gasteiger charge is -2.30. The van der Waals surface area contributed by atoms with Gasteiger partial charge in [0.15, 0.2) is 23.1 Å². The van der Waals surface area contributed by atoms with Gasteiger partial charge in [-0.25, -0.2) is 15.0 Å². The monoisotopic (exact) mass is 816 g/mol. The summed E-state index contributed by atoms with van der Waals surface area (Å²) in [5, 5.41) is 4.42. The van der Waals surface area contributed by atoms with Crippen molar-refractivity contribution in [3.63, 3.8) is 0 Å². The van der Waals surface area contributed by atoms with Gasteiger partial charge in [0.05, 0.1) is 22.1 Å². The standard InChI is InChI=1S/C59H36N4O/c1-35-34-49(55-54(42-26-12-17-31-50(42)64-55)51(35)58-61-56(36-18-4-2-5-19-36)60-57(62-58)37-20-6-3-7-21-37)63-47-30-16-11-25-41(47)53-48(63)33-32-46-52(53)40-24-10-15-29-45(40)59(46)43-27-13-8-22-38(43)39-23-9-14-28-44(39)59/h2-34H,1H3. The van der Waals surface area contributed by atoms with Crippen LogP contribution in [0.15, 0.2) is 205 Å². The molecule has 0 fully saturated rings. The Balaban J connectivity index is 1.08. The molecule has 0 unspecified atom stereocenters. The van der Waals surface area contributed by atoms with E-state index >= 15 is 0 Å². The van der Waals surface area contributed by atoms with Crippen LogP contribution in [0, 0.1) is 6.92 Å². The fraction of sp³-hybridized carbons (Fsp3) is 0.0339. The second kappa shape index (κ2) is 13.1. The van der Waals surface area contributed by atoms with Crippen LogP contribution in [0.5, 0.6) is 0 Å². The van der Waals surface area contributed by atoms with Crippen LogP contribution < -0.4 is 0 Å². The van der Waals surface area contributed by atoms with Crippen LogP contribution in [0.1, 0.15) is 27.8 Å². The van der Waals surface area contributed by atoms with E-state index in [4.69, 9.17) is 19.4 Å². The SMILES string of the molecule is Cc1cc(-n2c3ccccc3c3c4c(ccc32)C2(c3ccccc3-c3ccccc32)c2ccccc2-4)c2oc3ccccc3c2c1-c1nc(-c2ccccc2)nc(-c2ccccc2)n1. The van der Waals surface area contributed by atoms with Gasteiger partial charge < -0.3 is 8.98 Å². The molecule has 9 aromatic carbocycles. The second-order valence-corrected chi connectivity index (χ2v) is 17.0. The minimum atomic E-state index is -0.442. The molecular weight excluding hydrogens is 781 g/mol. The molecule has 14 rings (SSSR count). The average molecular weight is 817 g/mol. The third-order valence-electron chi connectivity index (χ3n) is 13.8. The molecule has 0 N–H and O–H groups in total. The normalized spacial score (nSPS) is 13.2. The van der Waals surface area contributed by atoms with Crippen molar-refractivity contribution in [2.24, 2.45) is 0 Å². The predicted octanol–water partition coefficient (Wildman–Crippen LogP) is 14.5. The Bertz CT molecular complexity index is 3810. The van der Waals surface area contributed by atoms with Crippen molar-refractivity contribution in [3.8, 4) is 62.1 Å². The number of aryl methyl sites for hydroxylation is 1. The Morgan fingerprint density at radius 2 is 0.953 bits per heavy atom. The number of nitrogens with zero attached hydrogens (tertiary/aromatic N) is 4. The molecule has 2 aliphatic rings. The first kappa shape index (κ1) is 35.2. The minimum Gasteiger partial charge on any atom is -0.454 e. The van der Waals surface area contributed by atoms with Gasteiger partial charge in [0.1, 0.15) is 5.58 Å². The van der Waals surface area contributed by atoms with Crippen molar-refractivity contribution in [3.05, 3.63) is 228 Å². The zero-order chi connectivity index (χ0) is 42.1. The smallest absolute Gasteiger partial charge is 0.165 e.